The van der Waals surface area contributed by atoms with Crippen molar-refractivity contribution in [1.82, 2.24) is 9.88 Å². The van der Waals surface area contributed by atoms with Gasteiger partial charge in [-0.2, -0.15) is 0 Å². The molecule has 4 nitrogen and oxygen atoms in total. The summed E-state index contributed by atoms with van der Waals surface area (Å²) in [6.07, 6.45) is 1.41. The number of rotatable bonds is 4. The Labute approximate surface area is 162 Å². The molecule has 0 saturated carbocycles. The third-order valence-corrected chi connectivity index (χ3v) is 5.85. The van der Waals surface area contributed by atoms with E-state index < -0.39 is 0 Å². The average Bonchev–Trinajstić information content (AvgIpc) is 3.24. The summed E-state index contributed by atoms with van der Waals surface area (Å²) < 4.78 is 0. The summed E-state index contributed by atoms with van der Waals surface area (Å²) in [5, 5.41) is 2.68. The Balaban J connectivity index is 1.39. The fourth-order valence-electron chi connectivity index (χ4n) is 3.43. The fourth-order valence-corrected chi connectivity index (χ4v) is 4.23. The Morgan fingerprint density at radius 3 is 2.22 bits per heavy atom. The molecule has 0 spiro atoms. The van der Waals surface area contributed by atoms with Crippen LogP contribution in [0.5, 0.6) is 0 Å². The number of ketones is 1. The first kappa shape index (κ1) is 17.6. The van der Waals surface area contributed by atoms with E-state index in [1.165, 1.54) is 11.3 Å². The van der Waals surface area contributed by atoms with Gasteiger partial charge in [-0.3, -0.25) is 9.59 Å². The highest BCUT2D eigenvalue weighted by atomic mass is 32.1. The third kappa shape index (κ3) is 3.83. The molecule has 0 atom stereocenters. The third-order valence-electron chi connectivity index (χ3n) is 4.96. The number of nitrogens with zero attached hydrogens (tertiary/aromatic N) is 2. The van der Waals surface area contributed by atoms with Gasteiger partial charge in [-0.15, -0.1) is 11.3 Å². The van der Waals surface area contributed by atoms with Crippen molar-refractivity contribution in [2.75, 3.05) is 13.1 Å². The summed E-state index contributed by atoms with van der Waals surface area (Å²) >= 11 is 1.48. The maximum Gasteiger partial charge on any atom is 0.273 e. The Bertz CT molecular complexity index is 929. The number of carbonyl (C=O) groups excluding carboxylic acids is 2. The van der Waals surface area contributed by atoms with Gasteiger partial charge in [-0.1, -0.05) is 60.7 Å². The SMILES string of the molecule is O=C(c1ccccc1)C1CCN(C(=O)c2csc(-c3ccccc3)n2)CC1. The maximum atomic E-state index is 12.8. The number of hydrogen-bond acceptors (Lipinski definition) is 4. The number of hydrogen-bond donors (Lipinski definition) is 0. The van der Waals surface area contributed by atoms with Gasteiger partial charge in [0.1, 0.15) is 10.7 Å². The van der Waals surface area contributed by atoms with Crippen LogP contribution in [0, 0.1) is 5.92 Å². The zero-order chi connectivity index (χ0) is 18.6. The molecule has 1 aliphatic rings. The molecule has 0 aliphatic carbocycles. The molecule has 1 aromatic heterocycles. The minimum atomic E-state index is -0.0426. The Morgan fingerprint density at radius 1 is 0.926 bits per heavy atom. The largest absolute Gasteiger partial charge is 0.337 e. The van der Waals surface area contributed by atoms with E-state index in [4.69, 9.17) is 0 Å². The van der Waals surface area contributed by atoms with Crippen LogP contribution < -0.4 is 0 Å². The quantitative estimate of drug-likeness (QED) is 0.628. The van der Waals surface area contributed by atoms with Crippen molar-refractivity contribution in [3.05, 3.63) is 77.3 Å². The number of likely N-dealkylation sites (tertiary alicyclic amines) is 1. The van der Waals surface area contributed by atoms with Gasteiger partial charge in [-0.05, 0) is 12.8 Å². The maximum absolute atomic E-state index is 12.8. The van der Waals surface area contributed by atoms with E-state index in [1.807, 2.05) is 70.9 Å². The van der Waals surface area contributed by atoms with Crippen molar-refractivity contribution < 1.29 is 9.59 Å². The fraction of sp³-hybridized carbons (Fsp3) is 0.227. The van der Waals surface area contributed by atoms with E-state index in [0.717, 1.165) is 16.1 Å². The van der Waals surface area contributed by atoms with Crippen LogP contribution in [0.25, 0.3) is 10.6 Å². The van der Waals surface area contributed by atoms with Crippen LogP contribution >= 0.6 is 11.3 Å². The van der Waals surface area contributed by atoms with Gasteiger partial charge in [-0.25, -0.2) is 4.98 Å². The van der Waals surface area contributed by atoms with Crippen LogP contribution in [-0.2, 0) is 0 Å². The first-order valence-electron chi connectivity index (χ1n) is 9.12. The molecular weight excluding hydrogens is 356 g/mol. The smallest absolute Gasteiger partial charge is 0.273 e. The monoisotopic (exact) mass is 376 g/mol. The zero-order valence-corrected chi connectivity index (χ0v) is 15.7. The van der Waals surface area contributed by atoms with Crippen LogP contribution in [0.4, 0.5) is 0 Å². The van der Waals surface area contributed by atoms with Gasteiger partial charge >= 0.3 is 0 Å². The average molecular weight is 376 g/mol. The molecule has 0 radical (unpaired) electrons. The molecule has 0 unspecified atom stereocenters. The summed E-state index contributed by atoms with van der Waals surface area (Å²) in [6.45, 7) is 1.19. The summed E-state index contributed by atoms with van der Waals surface area (Å²) in [4.78, 5) is 31.7. The van der Waals surface area contributed by atoms with Crippen LogP contribution in [0.1, 0.15) is 33.7 Å². The number of amides is 1. The minimum absolute atomic E-state index is 0.00763. The van der Waals surface area contributed by atoms with Gasteiger partial charge in [0.25, 0.3) is 5.91 Å². The van der Waals surface area contributed by atoms with Crippen molar-refractivity contribution in [2.45, 2.75) is 12.8 Å². The molecule has 4 rings (SSSR count). The molecule has 27 heavy (non-hydrogen) atoms. The van der Waals surface area contributed by atoms with Crippen molar-refractivity contribution in [1.29, 1.82) is 0 Å². The predicted octanol–water partition coefficient (Wildman–Crippen LogP) is 4.55. The summed E-state index contributed by atoms with van der Waals surface area (Å²) in [5.74, 6) is 0.133. The molecule has 136 valence electrons. The van der Waals surface area contributed by atoms with Crippen molar-refractivity contribution in [2.24, 2.45) is 5.92 Å². The molecule has 3 aromatic rings. The van der Waals surface area contributed by atoms with E-state index in [-0.39, 0.29) is 17.6 Å². The Kier molecular flexibility index (Phi) is 5.12. The zero-order valence-electron chi connectivity index (χ0n) is 14.9. The van der Waals surface area contributed by atoms with Crippen LogP contribution in [0.3, 0.4) is 0 Å². The van der Waals surface area contributed by atoms with Crippen molar-refractivity contribution in [3.8, 4) is 10.6 Å². The lowest BCUT2D eigenvalue weighted by molar-refractivity contribution is 0.0646. The number of thiazole rings is 1. The summed E-state index contributed by atoms with van der Waals surface area (Å²) in [6, 6.07) is 19.3. The van der Waals surface area contributed by atoms with Crippen molar-refractivity contribution in [3.63, 3.8) is 0 Å². The summed E-state index contributed by atoms with van der Waals surface area (Å²) in [7, 11) is 0. The van der Waals surface area contributed by atoms with Gasteiger partial charge in [0.05, 0.1) is 0 Å². The van der Waals surface area contributed by atoms with Gasteiger partial charge in [0.2, 0.25) is 0 Å². The number of Topliss-reactive ketones (excluding diaryl/α,β-unsaturated/α-hetero) is 1. The first-order valence-corrected chi connectivity index (χ1v) is 10.00. The lowest BCUT2D eigenvalue weighted by atomic mass is 9.89. The van der Waals surface area contributed by atoms with E-state index >= 15 is 0 Å². The topological polar surface area (TPSA) is 50.3 Å². The molecular formula is C22H20N2O2S. The van der Waals surface area contributed by atoms with Crippen LogP contribution in [0.2, 0.25) is 0 Å². The lowest BCUT2D eigenvalue weighted by Gasteiger charge is -2.30. The second-order valence-electron chi connectivity index (χ2n) is 6.70. The lowest BCUT2D eigenvalue weighted by Crippen LogP contribution is -2.40. The molecule has 2 heterocycles. The normalized spacial score (nSPS) is 14.9. The number of aromatic nitrogens is 1. The standard InChI is InChI=1S/C22H20N2O2S/c25-20(16-7-3-1-4-8-16)17-11-13-24(14-12-17)22(26)19-15-27-21(23-19)18-9-5-2-6-10-18/h1-10,15,17H,11-14H2. The molecule has 1 saturated heterocycles. The van der Waals surface area contributed by atoms with Gasteiger partial charge in [0.15, 0.2) is 5.78 Å². The minimum Gasteiger partial charge on any atom is -0.337 e. The molecule has 1 fully saturated rings. The molecule has 0 bridgehead atoms. The van der Waals surface area contributed by atoms with Gasteiger partial charge < -0.3 is 4.90 Å². The predicted molar refractivity (Wildman–Crippen MR) is 107 cm³/mol. The van der Waals surface area contributed by atoms with Gasteiger partial charge in [0, 0.05) is 35.5 Å². The highest BCUT2D eigenvalue weighted by Gasteiger charge is 2.29. The summed E-state index contributed by atoms with van der Waals surface area (Å²) in [5.41, 5.74) is 2.27. The Morgan fingerprint density at radius 2 is 1.56 bits per heavy atom. The highest BCUT2D eigenvalue weighted by molar-refractivity contribution is 7.13. The second-order valence-corrected chi connectivity index (χ2v) is 7.56. The molecule has 0 N–H and O–H groups in total. The first-order chi connectivity index (χ1) is 13.2. The second kappa shape index (κ2) is 7.84. The van der Waals surface area contributed by atoms with E-state index in [1.54, 1.807) is 0 Å². The van der Waals surface area contributed by atoms with E-state index in [0.29, 0.717) is 31.6 Å². The molecule has 1 aliphatic heterocycles. The number of carbonyl (C=O) groups is 2. The molecule has 5 heteroatoms. The number of piperidine rings is 1. The van der Waals surface area contributed by atoms with E-state index in [2.05, 4.69) is 4.98 Å². The number of benzene rings is 2. The molecule has 2 aromatic carbocycles. The highest BCUT2D eigenvalue weighted by Crippen LogP contribution is 2.26. The molecule has 1 amide bonds. The van der Waals surface area contributed by atoms with Crippen LogP contribution in [-0.4, -0.2) is 34.7 Å². The van der Waals surface area contributed by atoms with E-state index in [9.17, 15) is 9.59 Å². The van der Waals surface area contributed by atoms with Crippen molar-refractivity contribution >= 4 is 23.0 Å². The van der Waals surface area contributed by atoms with Crippen LogP contribution in [0.15, 0.2) is 66.0 Å². The Hall–Kier alpha value is -2.79.